The Kier molecular flexibility index (Phi) is 10.8. The Balaban J connectivity index is 1.24. The second-order valence-electron chi connectivity index (χ2n) is 15.4. The van der Waals surface area contributed by atoms with Crippen molar-refractivity contribution in [2.75, 3.05) is 9.80 Å². The fraction of sp³-hybridized carbons (Fsp3) is 0. The number of nitrogens with zero attached hydrogens (tertiary/aromatic N) is 2. The maximum atomic E-state index is 2.39. The topological polar surface area (TPSA) is 6.48 Å². The first kappa shape index (κ1) is 38.0. The molecule has 10 aromatic rings. The fourth-order valence-corrected chi connectivity index (χ4v) is 8.37. The van der Waals surface area contributed by atoms with Gasteiger partial charge in [-0.3, -0.25) is 0 Å². The Morgan fingerprint density at radius 3 is 0.742 bits per heavy atom. The highest BCUT2D eigenvalue weighted by Gasteiger charge is 2.21. The van der Waals surface area contributed by atoms with Gasteiger partial charge in [-0.15, -0.1) is 0 Å². The first-order valence-corrected chi connectivity index (χ1v) is 21.2. The van der Waals surface area contributed by atoms with Crippen molar-refractivity contribution in [3.05, 3.63) is 267 Å². The van der Waals surface area contributed by atoms with Gasteiger partial charge in [0, 0.05) is 34.1 Å². The lowest BCUT2D eigenvalue weighted by molar-refractivity contribution is 1.25. The van der Waals surface area contributed by atoms with Crippen LogP contribution in [-0.2, 0) is 0 Å². The zero-order valence-corrected chi connectivity index (χ0v) is 34.3. The maximum absolute atomic E-state index is 2.39. The van der Waals surface area contributed by atoms with Gasteiger partial charge < -0.3 is 9.80 Å². The average Bonchev–Trinajstić information content (AvgIpc) is 3.36. The maximum Gasteiger partial charge on any atom is 0.0488 e. The van der Waals surface area contributed by atoms with Crippen LogP contribution in [0.2, 0.25) is 0 Å². The molecule has 0 N–H and O–H groups in total. The molecule has 0 bridgehead atoms. The average molecular weight is 793 g/mol. The number of anilines is 6. The van der Waals surface area contributed by atoms with E-state index in [4.69, 9.17) is 0 Å². The van der Waals surface area contributed by atoms with Crippen LogP contribution >= 0.6 is 0 Å². The van der Waals surface area contributed by atoms with Crippen molar-refractivity contribution in [3.63, 3.8) is 0 Å². The van der Waals surface area contributed by atoms with Crippen molar-refractivity contribution < 1.29 is 0 Å². The minimum absolute atomic E-state index is 1.04. The van der Waals surface area contributed by atoms with Gasteiger partial charge in [0.15, 0.2) is 0 Å². The molecule has 0 radical (unpaired) electrons. The van der Waals surface area contributed by atoms with Crippen LogP contribution in [0.15, 0.2) is 267 Å². The molecule has 0 spiro atoms. The molecule has 62 heavy (non-hydrogen) atoms. The summed E-state index contributed by atoms with van der Waals surface area (Å²) in [7, 11) is 0. The molecule has 0 saturated carbocycles. The minimum Gasteiger partial charge on any atom is -0.310 e. The van der Waals surface area contributed by atoms with E-state index in [0.717, 1.165) is 56.4 Å². The fourth-order valence-electron chi connectivity index (χ4n) is 8.37. The molecular formula is C60H44N2. The third kappa shape index (κ3) is 8.18. The highest BCUT2D eigenvalue weighted by Crippen LogP contribution is 2.45. The summed E-state index contributed by atoms with van der Waals surface area (Å²) in [4.78, 5) is 4.78. The van der Waals surface area contributed by atoms with Crippen LogP contribution in [0.25, 0.3) is 55.6 Å². The standard InChI is InChI=1S/C60H44N2/c1-7-21-45(22-8-1)49-29-19-35-57(40-49)61(55-31-15-5-16-32-55)59-42-54(53-38-51(47-25-11-3-12-26-47)37-52(39-53)48-27-13-4-14-28-48)43-60(44-59)62(56-33-17-6-18-34-56)58-36-20-30-50(41-58)46-23-9-2-10-24-46/h1-44H. The minimum atomic E-state index is 1.04. The lowest BCUT2D eigenvalue weighted by atomic mass is 9.92. The van der Waals surface area contributed by atoms with Gasteiger partial charge in [-0.2, -0.15) is 0 Å². The predicted molar refractivity (Wildman–Crippen MR) is 263 cm³/mol. The van der Waals surface area contributed by atoms with Crippen molar-refractivity contribution in [1.29, 1.82) is 0 Å². The molecule has 0 heterocycles. The number of para-hydroxylation sites is 2. The summed E-state index contributed by atoms with van der Waals surface area (Å²) in [6.45, 7) is 0. The number of hydrogen-bond acceptors (Lipinski definition) is 2. The molecule has 2 nitrogen and oxygen atoms in total. The second kappa shape index (κ2) is 17.6. The summed E-state index contributed by atoms with van der Waals surface area (Å²) >= 11 is 0. The Labute approximate surface area is 364 Å². The smallest absolute Gasteiger partial charge is 0.0488 e. The number of rotatable bonds is 11. The third-order valence-corrected chi connectivity index (χ3v) is 11.4. The highest BCUT2D eigenvalue weighted by molar-refractivity contribution is 5.90. The number of hydrogen-bond donors (Lipinski definition) is 0. The Bertz CT molecular complexity index is 2840. The summed E-state index contributed by atoms with van der Waals surface area (Å²) < 4.78 is 0. The van der Waals surface area contributed by atoms with Crippen molar-refractivity contribution in [2.24, 2.45) is 0 Å². The van der Waals surface area contributed by atoms with E-state index in [1.165, 1.54) is 33.4 Å². The highest BCUT2D eigenvalue weighted by atomic mass is 15.2. The molecule has 0 aromatic heterocycles. The molecule has 10 aromatic carbocycles. The Hall–Kier alpha value is -8.20. The second-order valence-corrected chi connectivity index (χ2v) is 15.4. The molecule has 0 saturated heterocycles. The van der Waals surface area contributed by atoms with Gasteiger partial charge in [-0.05, 0) is 141 Å². The van der Waals surface area contributed by atoms with E-state index in [1.807, 2.05) is 0 Å². The van der Waals surface area contributed by atoms with Gasteiger partial charge in [-0.1, -0.05) is 182 Å². The van der Waals surface area contributed by atoms with Crippen LogP contribution in [0.5, 0.6) is 0 Å². The molecule has 0 amide bonds. The van der Waals surface area contributed by atoms with E-state index in [1.54, 1.807) is 0 Å². The molecule has 10 rings (SSSR count). The van der Waals surface area contributed by atoms with Crippen molar-refractivity contribution in [2.45, 2.75) is 0 Å². The molecular weight excluding hydrogens is 749 g/mol. The molecule has 2 heteroatoms. The first-order chi connectivity index (χ1) is 30.7. The summed E-state index contributed by atoms with van der Waals surface area (Å²) in [6.07, 6.45) is 0. The SMILES string of the molecule is c1ccc(-c2cc(-c3ccccc3)cc(-c3cc(N(c4ccccc4)c4cccc(-c5ccccc5)c4)cc(N(c4ccccc4)c4cccc(-c5ccccc5)c4)c3)c2)cc1. The number of benzene rings is 10. The van der Waals surface area contributed by atoms with E-state index < -0.39 is 0 Å². The van der Waals surface area contributed by atoms with Crippen molar-refractivity contribution >= 4 is 34.1 Å². The van der Waals surface area contributed by atoms with Crippen molar-refractivity contribution in [3.8, 4) is 55.6 Å². The lowest BCUT2D eigenvalue weighted by Gasteiger charge is -2.31. The predicted octanol–water partition coefficient (Wildman–Crippen LogP) is 17.0. The summed E-state index contributed by atoms with van der Waals surface area (Å²) in [6, 6.07) is 95.9. The largest absolute Gasteiger partial charge is 0.310 e. The van der Waals surface area contributed by atoms with E-state index in [0.29, 0.717) is 0 Å². The monoisotopic (exact) mass is 792 g/mol. The van der Waals surface area contributed by atoms with Crippen LogP contribution in [0.3, 0.4) is 0 Å². The van der Waals surface area contributed by atoms with Gasteiger partial charge in [0.25, 0.3) is 0 Å². The van der Waals surface area contributed by atoms with Gasteiger partial charge in [0.1, 0.15) is 0 Å². The molecule has 0 atom stereocenters. The molecule has 0 aliphatic carbocycles. The van der Waals surface area contributed by atoms with Crippen molar-refractivity contribution in [1.82, 2.24) is 0 Å². The quantitative estimate of drug-likeness (QED) is 0.129. The van der Waals surface area contributed by atoms with E-state index >= 15 is 0 Å². The first-order valence-electron chi connectivity index (χ1n) is 21.2. The Morgan fingerprint density at radius 2 is 0.387 bits per heavy atom. The van der Waals surface area contributed by atoms with Crippen LogP contribution in [0.1, 0.15) is 0 Å². The van der Waals surface area contributed by atoms with E-state index in [9.17, 15) is 0 Å². The lowest BCUT2D eigenvalue weighted by Crippen LogP contribution is -2.13. The molecule has 294 valence electrons. The van der Waals surface area contributed by atoms with E-state index in [-0.39, 0.29) is 0 Å². The van der Waals surface area contributed by atoms with Gasteiger partial charge in [0.05, 0.1) is 0 Å². The van der Waals surface area contributed by atoms with Gasteiger partial charge in [-0.25, -0.2) is 0 Å². The molecule has 0 unspecified atom stereocenters. The summed E-state index contributed by atoms with van der Waals surface area (Å²) in [5.74, 6) is 0. The summed E-state index contributed by atoms with van der Waals surface area (Å²) in [5.41, 5.74) is 18.0. The normalized spacial score (nSPS) is 10.9. The molecule has 0 aliphatic heterocycles. The van der Waals surface area contributed by atoms with Crippen LogP contribution in [0, 0.1) is 0 Å². The summed E-state index contributed by atoms with van der Waals surface area (Å²) in [5, 5.41) is 0. The van der Waals surface area contributed by atoms with Gasteiger partial charge in [0.2, 0.25) is 0 Å². The third-order valence-electron chi connectivity index (χ3n) is 11.4. The van der Waals surface area contributed by atoms with Crippen LogP contribution in [0.4, 0.5) is 34.1 Å². The molecule has 0 aliphatic rings. The van der Waals surface area contributed by atoms with Gasteiger partial charge >= 0.3 is 0 Å². The zero-order valence-electron chi connectivity index (χ0n) is 34.3. The molecule has 0 fully saturated rings. The van der Waals surface area contributed by atoms with Crippen LogP contribution < -0.4 is 9.80 Å². The van der Waals surface area contributed by atoms with Crippen LogP contribution in [-0.4, -0.2) is 0 Å². The Morgan fingerprint density at radius 1 is 0.145 bits per heavy atom. The zero-order chi connectivity index (χ0) is 41.5. The van der Waals surface area contributed by atoms with E-state index in [2.05, 4.69) is 277 Å².